The van der Waals surface area contributed by atoms with Crippen LogP contribution in [0.3, 0.4) is 0 Å². The van der Waals surface area contributed by atoms with E-state index < -0.39 is 0 Å². The van der Waals surface area contributed by atoms with Crippen molar-refractivity contribution < 1.29 is 9.53 Å². The molecule has 1 aromatic rings. The van der Waals surface area contributed by atoms with Gasteiger partial charge in [0.1, 0.15) is 5.75 Å². The van der Waals surface area contributed by atoms with Gasteiger partial charge in [0, 0.05) is 25.2 Å². The quantitative estimate of drug-likeness (QED) is 0.880. The fourth-order valence-electron chi connectivity index (χ4n) is 2.30. The number of carbonyl (C=O) groups excluding carboxylic acids is 1. The summed E-state index contributed by atoms with van der Waals surface area (Å²) < 4.78 is 5.29. The Morgan fingerprint density at radius 3 is 2.74 bits per heavy atom. The molecule has 0 aromatic heterocycles. The Hall–Kier alpha value is -1.55. The Kier molecular flexibility index (Phi) is 4.43. The largest absolute Gasteiger partial charge is 0.496 e. The lowest BCUT2D eigenvalue weighted by Gasteiger charge is -2.38. The number of rotatable bonds is 5. The van der Waals surface area contributed by atoms with Gasteiger partial charge >= 0.3 is 0 Å². The van der Waals surface area contributed by atoms with Gasteiger partial charge in [-0.05, 0) is 31.0 Å². The first-order valence-corrected chi connectivity index (χ1v) is 6.83. The maximum absolute atomic E-state index is 12.6. The van der Waals surface area contributed by atoms with E-state index in [1.165, 1.54) is 0 Å². The Bertz CT molecular complexity index is 455. The van der Waals surface area contributed by atoms with Gasteiger partial charge in [0.2, 0.25) is 0 Å². The van der Waals surface area contributed by atoms with Crippen LogP contribution >= 0.6 is 0 Å². The lowest BCUT2D eigenvalue weighted by molar-refractivity contribution is 0.0615. The van der Waals surface area contributed by atoms with Gasteiger partial charge in [-0.25, -0.2) is 0 Å². The second-order valence-corrected chi connectivity index (χ2v) is 5.00. The van der Waals surface area contributed by atoms with Crippen LogP contribution in [-0.2, 0) is 0 Å². The Labute approximate surface area is 114 Å². The van der Waals surface area contributed by atoms with Gasteiger partial charge in [-0.15, -0.1) is 0 Å². The first-order chi connectivity index (χ1) is 9.17. The van der Waals surface area contributed by atoms with Crippen molar-refractivity contribution >= 4 is 5.91 Å². The molecule has 0 saturated carbocycles. The SMILES string of the molecule is CCCN(C(=O)c1ccc(C)c(OC)c1)C1CNC1. The van der Waals surface area contributed by atoms with Crippen molar-refractivity contribution in [1.29, 1.82) is 0 Å². The second kappa shape index (κ2) is 6.06. The molecule has 0 radical (unpaired) electrons. The molecule has 0 unspecified atom stereocenters. The summed E-state index contributed by atoms with van der Waals surface area (Å²) in [5.74, 6) is 0.876. The molecule has 0 atom stereocenters. The van der Waals surface area contributed by atoms with E-state index in [0.717, 1.165) is 37.4 Å². The van der Waals surface area contributed by atoms with Gasteiger partial charge in [-0.1, -0.05) is 13.0 Å². The van der Waals surface area contributed by atoms with E-state index in [9.17, 15) is 4.79 Å². The predicted octanol–water partition coefficient (Wildman–Crippen LogP) is 1.83. The topological polar surface area (TPSA) is 41.6 Å². The van der Waals surface area contributed by atoms with E-state index in [0.29, 0.717) is 11.6 Å². The predicted molar refractivity (Wildman–Crippen MR) is 75.7 cm³/mol. The Morgan fingerprint density at radius 2 is 2.21 bits per heavy atom. The second-order valence-electron chi connectivity index (χ2n) is 5.00. The smallest absolute Gasteiger partial charge is 0.254 e. The number of carbonyl (C=O) groups is 1. The summed E-state index contributed by atoms with van der Waals surface area (Å²) in [6.07, 6.45) is 0.977. The number of ether oxygens (including phenoxy) is 1. The number of amides is 1. The molecule has 2 rings (SSSR count). The molecule has 1 N–H and O–H groups in total. The third kappa shape index (κ3) is 2.89. The average Bonchev–Trinajstić information content (AvgIpc) is 2.36. The number of aryl methyl sites for hydroxylation is 1. The van der Waals surface area contributed by atoms with E-state index in [1.807, 2.05) is 30.0 Å². The standard InChI is InChI=1S/C15H22N2O2/c1-4-7-17(13-9-16-10-13)15(18)12-6-5-11(2)14(8-12)19-3/h5-6,8,13,16H,4,7,9-10H2,1-3H3. The highest BCUT2D eigenvalue weighted by Gasteiger charge is 2.28. The van der Waals surface area contributed by atoms with Gasteiger partial charge in [-0.3, -0.25) is 4.79 Å². The Morgan fingerprint density at radius 1 is 1.47 bits per heavy atom. The Balaban J connectivity index is 2.20. The van der Waals surface area contributed by atoms with E-state index in [4.69, 9.17) is 4.74 Å². The molecule has 19 heavy (non-hydrogen) atoms. The van der Waals surface area contributed by atoms with Crippen molar-refractivity contribution in [3.05, 3.63) is 29.3 Å². The van der Waals surface area contributed by atoms with E-state index in [1.54, 1.807) is 7.11 Å². The molecular weight excluding hydrogens is 240 g/mol. The summed E-state index contributed by atoms with van der Waals surface area (Å²) in [6, 6.07) is 6.00. The maximum Gasteiger partial charge on any atom is 0.254 e. The van der Waals surface area contributed by atoms with Crippen LogP contribution in [0.4, 0.5) is 0 Å². The fraction of sp³-hybridized carbons (Fsp3) is 0.533. The summed E-state index contributed by atoms with van der Waals surface area (Å²) >= 11 is 0. The highest BCUT2D eigenvalue weighted by molar-refractivity contribution is 5.95. The molecule has 1 aliphatic rings. The summed E-state index contributed by atoms with van der Waals surface area (Å²) in [7, 11) is 1.64. The van der Waals surface area contributed by atoms with Gasteiger partial charge < -0.3 is 15.0 Å². The van der Waals surface area contributed by atoms with Crippen molar-refractivity contribution in [3.63, 3.8) is 0 Å². The van der Waals surface area contributed by atoms with E-state index >= 15 is 0 Å². The molecule has 0 spiro atoms. The summed E-state index contributed by atoms with van der Waals surface area (Å²) in [6.45, 7) is 6.68. The fourth-order valence-corrected chi connectivity index (χ4v) is 2.30. The number of methoxy groups -OCH3 is 1. The van der Waals surface area contributed by atoms with Crippen LogP contribution in [0.1, 0.15) is 29.3 Å². The molecule has 1 aliphatic heterocycles. The van der Waals surface area contributed by atoms with E-state index in [-0.39, 0.29) is 5.91 Å². The molecule has 1 saturated heterocycles. The minimum Gasteiger partial charge on any atom is -0.496 e. The van der Waals surface area contributed by atoms with Crippen LogP contribution in [0.15, 0.2) is 18.2 Å². The molecule has 104 valence electrons. The molecule has 1 amide bonds. The molecule has 0 aliphatic carbocycles. The van der Waals surface area contributed by atoms with Gasteiger partial charge in [0.25, 0.3) is 5.91 Å². The molecule has 1 fully saturated rings. The molecule has 1 heterocycles. The number of nitrogens with zero attached hydrogens (tertiary/aromatic N) is 1. The zero-order valence-corrected chi connectivity index (χ0v) is 11.9. The van der Waals surface area contributed by atoms with Crippen LogP contribution < -0.4 is 10.1 Å². The third-order valence-corrected chi connectivity index (χ3v) is 3.58. The van der Waals surface area contributed by atoms with Crippen LogP contribution in [-0.4, -0.2) is 43.6 Å². The highest BCUT2D eigenvalue weighted by atomic mass is 16.5. The number of nitrogens with one attached hydrogen (secondary N) is 1. The lowest BCUT2D eigenvalue weighted by atomic mass is 10.1. The maximum atomic E-state index is 12.6. The van der Waals surface area contributed by atoms with Crippen LogP contribution in [0, 0.1) is 6.92 Å². The third-order valence-electron chi connectivity index (χ3n) is 3.58. The van der Waals surface area contributed by atoms with Gasteiger partial charge in [0.15, 0.2) is 0 Å². The number of hydrogen-bond acceptors (Lipinski definition) is 3. The van der Waals surface area contributed by atoms with E-state index in [2.05, 4.69) is 12.2 Å². The van der Waals surface area contributed by atoms with Crippen molar-refractivity contribution in [2.75, 3.05) is 26.7 Å². The summed E-state index contributed by atoms with van der Waals surface area (Å²) in [5.41, 5.74) is 1.76. The highest BCUT2D eigenvalue weighted by Crippen LogP contribution is 2.21. The normalized spacial score (nSPS) is 14.9. The zero-order valence-electron chi connectivity index (χ0n) is 11.9. The van der Waals surface area contributed by atoms with Crippen molar-refractivity contribution in [2.24, 2.45) is 0 Å². The molecule has 0 bridgehead atoms. The summed E-state index contributed by atoms with van der Waals surface area (Å²) in [4.78, 5) is 14.6. The number of benzene rings is 1. The minimum absolute atomic E-state index is 0.103. The molecule has 4 nitrogen and oxygen atoms in total. The molecular formula is C15H22N2O2. The van der Waals surface area contributed by atoms with Crippen LogP contribution in [0.2, 0.25) is 0 Å². The van der Waals surface area contributed by atoms with Crippen molar-refractivity contribution in [1.82, 2.24) is 10.2 Å². The first-order valence-electron chi connectivity index (χ1n) is 6.83. The van der Waals surface area contributed by atoms with Crippen molar-refractivity contribution in [2.45, 2.75) is 26.3 Å². The summed E-state index contributed by atoms with van der Waals surface area (Å²) in [5, 5.41) is 3.22. The molecule has 1 aromatic carbocycles. The van der Waals surface area contributed by atoms with Gasteiger partial charge in [-0.2, -0.15) is 0 Å². The lowest BCUT2D eigenvalue weighted by Crippen LogP contribution is -2.59. The van der Waals surface area contributed by atoms with Crippen molar-refractivity contribution in [3.8, 4) is 5.75 Å². The van der Waals surface area contributed by atoms with Gasteiger partial charge in [0.05, 0.1) is 13.2 Å². The zero-order chi connectivity index (χ0) is 13.8. The van der Waals surface area contributed by atoms with Crippen LogP contribution in [0.5, 0.6) is 5.75 Å². The first kappa shape index (κ1) is 13.9. The van der Waals surface area contributed by atoms with Crippen LogP contribution in [0.25, 0.3) is 0 Å². The monoisotopic (exact) mass is 262 g/mol. The average molecular weight is 262 g/mol. The number of hydrogen-bond donors (Lipinski definition) is 1. The minimum atomic E-state index is 0.103. The molecule has 4 heteroatoms.